The quantitative estimate of drug-likeness (QED) is 0.222. The molecule has 5 heteroatoms. The molecule has 41 heavy (non-hydrogen) atoms. The summed E-state index contributed by atoms with van der Waals surface area (Å²) in [6, 6.07) is 38.4. The summed E-state index contributed by atoms with van der Waals surface area (Å²) < 4.78 is 0. The smallest absolute Gasteiger partial charge is 0.193 e. The number of aromatic nitrogens is 2. The number of hydrogen-bond donors (Lipinski definition) is 0. The van der Waals surface area contributed by atoms with Crippen molar-refractivity contribution in [2.75, 3.05) is 4.90 Å². The lowest BCUT2D eigenvalue weighted by molar-refractivity contribution is 0.103. The highest BCUT2D eigenvalue weighted by molar-refractivity contribution is 7.12. The normalized spacial score (nSPS) is 13.1. The van der Waals surface area contributed by atoms with E-state index in [2.05, 4.69) is 112 Å². The van der Waals surface area contributed by atoms with Gasteiger partial charge in [-0.05, 0) is 101 Å². The Balaban J connectivity index is 1.15. The van der Waals surface area contributed by atoms with Gasteiger partial charge in [-0.15, -0.1) is 10.2 Å². The summed E-state index contributed by atoms with van der Waals surface area (Å²) in [6.45, 7) is 0. The Bertz CT molecular complexity index is 1890. The largest absolute Gasteiger partial charge is 0.310 e. The Morgan fingerprint density at radius 2 is 1.22 bits per heavy atom. The lowest BCUT2D eigenvalue weighted by Gasteiger charge is -2.29. The Labute approximate surface area is 242 Å². The summed E-state index contributed by atoms with van der Waals surface area (Å²) in [5.74, 6) is 0.121. The fraction of sp³-hybridized carbons (Fsp3) is 0.0833. The maximum atomic E-state index is 13.6. The minimum absolute atomic E-state index is 0.121. The van der Waals surface area contributed by atoms with Crippen LogP contribution in [0.5, 0.6) is 0 Å². The first-order chi connectivity index (χ1) is 20.2. The molecule has 0 fully saturated rings. The van der Waals surface area contributed by atoms with Crippen LogP contribution in [-0.2, 0) is 19.3 Å². The van der Waals surface area contributed by atoms with E-state index < -0.39 is 0 Å². The highest BCUT2D eigenvalue weighted by atomic mass is 32.1. The second kappa shape index (κ2) is 9.65. The van der Waals surface area contributed by atoms with Gasteiger partial charge in [-0.2, -0.15) is 0 Å². The number of nitrogens with zero attached hydrogens (tertiary/aromatic N) is 3. The van der Waals surface area contributed by atoms with Crippen LogP contribution in [0.4, 0.5) is 17.1 Å². The number of hydrogen-bond acceptors (Lipinski definition) is 5. The van der Waals surface area contributed by atoms with Crippen LogP contribution in [0.25, 0.3) is 10.6 Å². The van der Waals surface area contributed by atoms with Crippen molar-refractivity contribution >= 4 is 34.2 Å². The second-order valence-electron chi connectivity index (χ2n) is 10.7. The van der Waals surface area contributed by atoms with E-state index in [4.69, 9.17) is 0 Å². The van der Waals surface area contributed by atoms with Crippen LogP contribution in [0.3, 0.4) is 0 Å². The van der Waals surface area contributed by atoms with Crippen molar-refractivity contribution in [2.24, 2.45) is 0 Å². The van der Waals surface area contributed by atoms with Crippen LogP contribution >= 0.6 is 11.3 Å². The fourth-order valence-electron chi connectivity index (χ4n) is 6.27. The molecule has 0 atom stereocenters. The molecule has 8 rings (SSSR count). The van der Waals surface area contributed by atoms with Crippen molar-refractivity contribution in [2.45, 2.75) is 19.3 Å². The number of carbonyl (C=O) groups excluding carboxylic acids is 1. The molecular formula is C36H25N3OS. The van der Waals surface area contributed by atoms with E-state index >= 15 is 0 Å². The molecule has 0 amide bonds. The minimum Gasteiger partial charge on any atom is -0.310 e. The highest BCUT2D eigenvalue weighted by Gasteiger charge is 2.27. The van der Waals surface area contributed by atoms with Crippen molar-refractivity contribution in [3.8, 4) is 10.6 Å². The van der Waals surface area contributed by atoms with E-state index in [0.717, 1.165) is 69.1 Å². The van der Waals surface area contributed by atoms with E-state index in [1.54, 1.807) is 5.51 Å². The molecule has 0 N–H and O–H groups in total. The molecular weight excluding hydrogens is 522 g/mol. The topological polar surface area (TPSA) is 46.1 Å². The maximum Gasteiger partial charge on any atom is 0.193 e. The van der Waals surface area contributed by atoms with Gasteiger partial charge in [0.1, 0.15) is 10.5 Å². The van der Waals surface area contributed by atoms with E-state index in [9.17, 15) is 4.79 Å². The lowest BCUT2D eigenvalue weighted by Crippen LogP contribution is -2.18. The molecule has 6 aromatic rings. The average Bonchev–Trinajstić information content (AvgIpc) is 3.56. The van der Waals surface area contributed by atoms with Crippen molar-refractivity contribution in [3.05, 3.63) is 159 Å². The molecule has 196 valence electrons. The van der Waals surface area contributed by atoms with Crippen molar-refractivity contribution in [3.63, 3.8) is 0 Å². The Hall–Kier alpha value is -4.87. The Morgan fingerprint density at radius 1 is 0.561 bits per heavy atom. The number of para-hydroxylation sites is 2. The van der Waals surface area contributed by atoms with Crippen molar-refractivity contribution in [1.29, 1.82) is 0 Å². The molecule has 5 aromatic carbocycles. The van der Waals surface area contributed by atoms with Gasteiger partial charge in [0.05, 0.1) is 0 Å². The van der Waals surface area contributed by atoms with E-state index in [0.29, 0.717) is 0 Å². The molecule has 0 saturated heterocycles. The third-order valence-corrected chi connectivity index (χ3v) is 8.99. The van der Waals surface area contributed by atoms with Gasteiger partial charge in [-0.3, -0.25) is 4.79 Å². The predicted octanol–water partition coefficient (Wildman–Crippen LogP) is 8.31. The summed E-state index contributed by atoms with van der Waals surface area (Å²) >= 11 is 1.51. The summed E-state index contributed by atoms with van der Waals surface area (Å²) in [4.78, 5) is 15.9. The molecule has 0 spiro atoms. The molecule has 0 bridgehead atoms. The first-order valence-electron chi connectivity index (χ1n) is 13.8. The van der Waals surface area contributed by atoms with Crippen LogP contribution in [0.15, 0.2) is 115 Å². The van der Waals surface area contributed by atoms with Gasteiger partial charge >= 0.3 is 0 Å². The molecule has 2 aliphatic rings. The van der Waals surface area contributed by atoms with E-state index in [1.165, 1.54) is 33.6 Å². The lowest BCUT2D eigenvalue weighted by atomic mass is 9.78. The highest BCUT2D eigenvalue weighted by Crippen LogP contribution is 2.39. The molecule has 0 radical (unpaired) electrons. The Kier molecular flexibility index (Phi) is 5.64. The first-order valence-corrected chi connectivity index (χ1v) is 14.7. The Morgan fingerprint density at radius 3 is 1.95 bits per heavy atom. The SMILES string of the molecule is O=C1c2ccc(-c3nncs3)cc2Cc2cc3c(cc21)Cc1ccc(N(c2ccccc2)c2ccccc2)cc1C3. The summed E-state index contributed by atoms with van der Waals surface area (Å²) in [5, 5.41) is 9.07. The number of anilines is 3. The second-order valence-corrected chi connectivity index (χ2v) is 11.5. The first kappa shape index (κ1) is 24.0. The van der Waals surface area contributed by atoms with Gasteiger partial charge < -0.3 is 4.90 Å². The third kappa shape index (κ3) is 4.17. The summed E-state index contributed by atoms with van der Waals surface area (Å²) in [5.41, 5.74) is 15.2. The molecule has 4 nitrogen and oxygen atoms in total. The molecule has 0 aliphatic heterocycles. The number of rotatable bonds is 4. The number of ketones is 1. The summed E-state index contributed by atoms with van der Waals surface area (Å²) in [7, 11) is 0. The molecule has 1 aromatic heterocycles. The molecule has 2 aliphatic carbocycles. The number of fused-ring (bicyclic) bond motifs is 4. The predicted molar refractivity (Wildman–Crippen MR) is 165 cm³/mol. The average molecular weight is 548 g/mol. The van der Waals surface area contributed by atoms with Crippen LogP contribution < -0.4 is 4.90 Å². The number of benzene rings is 5. The minimum atomic E-state index is 0.121. The van der Waals surface area contributed by atoms with Gasteiger partial charge in [0.25, 0.3) is 0 Å². The van der Waals surface area contributed by atoms with Crippen LogP contribution in [0.2, 0.25) is 0 Å². The van der Waals surface area contributed by atoms with Crippen LogP contribution in [0.1, 0.15) is 49.3 Å². The van der Waals surface area contributed by atoms with Gasteiger partial charge in [0, 0.05) is 33.8 Å². The zero-order chi connectivity index (χ0) is 27.3. The van der Waals surface area contributed by atoms with Gasteiger partial charge in [-0.1, -0.05) is 72.0 Å². The zero-order valence-corrected chi connectivity index (χ0v) is 23.1. The van der Waals surface area contributed by atoms with Crippen LogP contribution in [0, 0.1) is 0 Å². The standard InChI is InChI=1S/C36H25N3OS/c40-35-33-14-12-24(36-38-37-22-41-36)16-28(33)19-29-18-25-17-26-20-32(13-11-23(26)15-27(25)21-34(29)35)39(30-7-3-1-4-8-30)31-9-5-2-6-10-31/h1-14,16,18,20-22H,15,17,19H2. The van der Waals surface area contributed by atoms with Gasteiger partial charge in [-0.25, -0.2) is 0 Å². The molecule has 1 heterocycles. The number of carbonyl (C=O) groups is 1. The molecule has 0 unspecified atom stereocenters. The third-order valence-electron chi connectivity index (χ3n) is 8.25. The van der Waals surface area contributed by atoms with Crippen molar-refractivity contribution < 1.29 is 4.79 Å². The summed E-state index contributed by atoms with van der Waals surface area (Å²) in [6.07, 6.45) is 2.44. The van der Waals surface area contributed by atoms with E-state index in [1.807, 2.05) is 12.1 Å². The monoisotopic (exact) mass is 547 g/mol. The van der Waals surface area contributed by atoms with Gasteiger partial charge in [0.15, 0.2) is 5.78 Å². The maximum absolute atomic E-state index is 13.6. The fourth-order valence-corrected chi connectivity index (χ4v) is 6.82. The zero-order valence-electron chi connectivity index (χ0n) is 22.2. The van der Waals surface area contributed by atoms with Crippen LogP contribution in [-0.4, -0.2) is 16.0 Å². The van der Waals surface area contributed by atoms with Crippen molar-refractivity contribution in [1.82, 2.24) is 10.2 Å². The van der Waals surface area contributed by atoms with E-state index in [-0.39, 0.29) is 5.78 Å². The molecule has 0 saturated carbocycles. The van der Waals surface area contributed by atoms with Gasteiger partial charge in [0.2, 0.25) is 0 Å².